The maximum atomic E-state index is 4.98. The van der Waals surface area contributed by atoms with Crippen molar-refractivity contribution in [2.45, 2.75) is 25.3 Å². The second-order valence-corrected chi connectivity index (χ2v) is 8.12. The predicted molar refractivity (Wildman–Crippen MR) is 126 cm³/mol. The van der Waals surface area contributed by atoms with E-state index in [0.29, 0.717) is 0 Å². The fraction of sp³-hybridized carbons (Fsp3) is 0.231. The van der Waals surface area contributed by atoms with Crippen LogP contribution in [0.1, 0.15) is 30.3 Å². The summed E-state index contributed by atoms with van der Waals surface area (Å²) in [6.07, 6.45) is 7.70. The molecule has 0 bridgehead atoms. The van der Waals surface area contributed by atoms with Gasteiger partial charge in [0.15, 0.2) is 0 Å². The highest BCUT2D eigenvalue weighted by atomic mass is 15.1. The van der Waals surface area contributed by atoms with Crippen LogP contribution in [0, 0.1) is 0 Å². The first-order valence-electron chi connectivity index (χ1n) is 11.1. The van der Waals surface area contributed by atoms with Gasteiger partial charge in [-0.05, 0) is 55.8 Å². The van der Waals surface area contributed by atoms with Crippen LogP contribution in [0.25, 0.3) is 11.3 Å². The van der Waals surface area contributed by atoms with Gasteiger partial charge in [0, 0.05) is 54.9 Å². The van der Waals surface area contributed by atoms with Crippen LogP contribution in [0.4, 0.5) is 11.5 Å². The summed E-state index contributed by atoms with van der Waals surface area (Å²) in [7, 11) is 0. The average Bonchev–Trinajstić information content (AvgIpc) is 2.86. The molecule has 160 valence electrons. The lowest BCUT2D eigenvalue weighted by molar-refractivity contribution is 0.194. The highest BCUT2D eigenvalue weighted by Gasteiger charge is 2.25. The van der Waals surface area contributed by atoms with Crippen LogP contribution in [0.5, 0.6) is 0 Å². The minimum atomic E-state index is 0.278. The van der Waals surface area contributed by atoms with E-state index in [2.05, 4.69) is 26.3 Å². The van der Waals surface area contributed by atoms with Crippen molar-refractivity contribution in [3.8, 4) is 11.3 Å². The molecule has 1 aliphatic rings. The number of benzene rings is 1. The van der Waals surface area contributed by atoms with Gasteiger partial charge in [-0.15, -0.1) is 0 Å². The zero-order valence-corrected chi connectivity index (χ0v) is 17.9. The van der Waals surface area contributed by atoms with E-state index >= 15 is 0 Å². The molecule has 6 heteroatoms. The summed E-state index contributed by atoms with van der Waals surface area (Å²) in [6, 6.07) is 22.2. The van der Waals surface area contributed by atoms with Gasteiger partial charge in [0.2, 0.25) is 0 Å². The molecule has 0 spiro atoms. The van der Waals surface area contributed by atoms with E-state index in [1.807, 2.05) is 73.1 Å². The third kappa shape index (κ3) is 4.98. The minimum absolute atomic E-state index is 0.278. The number of nitrogens with one attached hydrogen (secondary N) is 1. The average molecular weight is 423 g/mol. The molecule has 6 nitrogen and oxygen atoms in total. The molecule has 1 unspecified atom stereocenters. The SMILES string of the molecule is c1ccc(Nc2cc(-c3cccnc3)nc(C3CCCN(Cc4ccccn4)C3)n2)cc1. The van der Waals surface area contributed by atoms with E-state index in [4.69, 9.17) is 9.97 Å². The van der Waals surface area contributed by atoms with Gasteiger partial charge in [-0.3, -0.25) is 14.9 Å². The molecule has 1 fully saturated rings. The summed E-state index contributed by atoms with van der Waals surface area (Å²) in [5.41, 5.74) is 4.00. The number of nitrogens with zero attached hydrogens (tertiary/aromatic N) is 5. The van der Waals surface area contributed by atoms with Crippen molar-refractivity contribution in [2.24, 2.45) is 0 Å². The number of pyridine rings is 2. The molecule has 0 saturated carbocycles. The Labute approximate surface area is 188 Å². The van der Waals surface area contributed by atoms with Crippen molar-refractivity contribution >= 4 is 11.5 Å². The third-order valence-electron chi connectivity index (χ3n) is 5.73. The van der Waals surface area contributed by atoms with Gasteiger partial charge in [0.25, 0.3) is 0 Å². The number of rotatable bonds is 6. The largest absolute Gasteiger partial charge is 0.340 e. The van der Waals surface area contributed by atoms with Gasteiger partial charge in [0.05, 0.1) is 11.4 Å². The lowest BCUT2D eigenvalue weighted by atomic mass is 9.96. The van der Waals surface area contributed by atoms with E-state index in [-0.39, 0.29) is 5.92 Å². The Balaban J connectivity index is 1.43. The molecule has 1 saturated heterocycles. The molecule has 0 aliphatic carbocycles. The Morgan fingerprint density at radius 1 is 0.938 bits per heavy atom. The summed E-state index contributed by atoms with van der Waals surface area (Å²) in [6.45, 7) is 2.86. The molecular formula is C26H26N6. The number of aromatic nitrogens is 4. The van der Waals surface area contributed by atoms with Gasteiger partial charge in [-0.2, -0.15) is 0 Å². The molecule has 5 rings (SSSR count). The summed E-state index contributed by atoms with van der Waals surface area (Å²) >= 11 is 0. The first kappa shape index (κ1) is 20.3. The highest BCUT2D eigenvalue weighted by molar-refractivity contribution is 5.65. The van der Waals surface area contributed by atoms with Crippen molar-refractivity contribution in [1.82, 2.24) is 24.8 Å². The fourth-order valence-electron chi connectivity index (χ4n) is 4.17. The van der Waals surface area contributed by atoms with E-state index in [1.54, 1.807) is 6.20 Å². The molecule has 1 N–H and O–H groups in total. The summed E-state index contributed by atoms with van der Waals surface area (Å²) in [4.78, 5) is 21.1. The first-order chi connectivity index (χ1) is 15.8. The number of piperidine rings is 1. The first-order valence-corrected chi connectivity index (χ1v) is 11.1. The van der Waals surface area contributed by atoms with Crippen molar-refractivity contribution < 1.29 is 0 Å². The van der Waals surface area contributed by atoms with Crippen LogP contribution >= 0.6 is 0 Å². The van der Waals surface area contributed by atoms with Crippen molar-refractivity contribution in [2.75, 3.05) is 18.4 Å². The maximum Gasteiger partial charge on any atom is 0.135 e. The van der Waals surface area contributed by atoms with Gasteiger partial charge < -0.3 is 5.32 Å². The Kier molecular flexibility index (Phi) is 6.12. The zero-order valence-electron chi connectivity index (χ0n) is 17.9. The molecule has 4 heterocycles. The van der Waals surface area contributed by atoms with E-state index in [0.717, 1.165) is 66.8 Å². The van der Waals surface area contributed by atoms with Crippen molar-refractivity contribution in [1.29, 1.82) is 0 Å². The van der Waals surface area contributed by atoms with Crippen molar-refractivity contribution in [3.05, 3.63) is 96.8 Å². The van der Waals surface area contributed by atoms with Crippen LogP contribution in [0.15, 0.2) is 85.3 Å². The number of hydrogen-bond donors (Lipinski definition) is 1. The third-order valence-corrected chi connectivity index (χ3v) is 5.73. The van der Waals surface area contributed by atoms with E-state index in [1.165, 1.54) is 0 Å². The van der Waals surface area contributed by atoms with Crippen LogP contribution in [0.2, 0.25) is 0 Å². The quantitative estimate of drug-likeness (QED) is 0.469. The normalized spacial score (nSPS) is 16.6. The van der Waals surface area contributed by atoms with Crippen LogP contribution in [-0.4, -0.2) is 37.9 Å². The minimum Gasteiger partial charge on any atom is -0.340 e. The Morgan fingerprint density at radius 3 is 2.66 bits per heavy atom. The molecule has 32 heavy (non-hydrogen) atoms. The number of hydrogen-bond acceptors (Lipinski definition) is 6. The van der Waals surface area contributed by atoms with Crippen LogP contribution in [-0.2, 0) is 6.54 Å². The Bertz CT molecular complexity index is 1130. The topological polar surface area (TPSA) is 66.8 Å². The molecule has 1 atom stereocenters. The highest BCUT2D eigenvalue weighted by Crippen LogP contribution is 2.29. The lowest BCUT2D eigenvalue weighted by Crippen LogP contribution is -2.34. The van der Waals surface area contributed by atoms with Gasteiger partial charge >= 0.3 is 0 Å². The predicted octanol–water partition coefficient (Wildman–Crippen LogP) is 5.06. The molecule has 1 aliphatic heterocycles. The molecule has 0 radical (unpaired) electrons. The maximum absolute atomic E-state index is 4.98. The number of anilines is 2. The second kappa shape index (κ2) is 9.66. The fourth-order valence-corrected chi connectivity index (χ4v) is 4.17. The van der Waals surface area contributed by atoms with Gasteiger partial charge in [-0.25, -0.2) is 9.97 Å². The summed E-state index contributed by atoms with van der Waals surface area (Å²) < 4.78 is 0. The molecule has 1 aromatic carbocycles. The van der Waals surface area contributed by atoms with E-state index < -0.39 is 0 Å². The molecule has 4 aromatic rings. The monoisotopic (exact) mass is 422 g/mol. The molecular weight excluding hydrogens is 396 g/mol. The smallest absolute Gasteiger partial charge is 0.135 e. The number of likely N-dealkylation sites (tertiary alicyclic amines) is 1. The van der Waals surface area contributed by atoms with Gasteiger partial charge in [-0.1, -0.05) is 24.3 Å². The van der Waals surface area contributed by atoms with E-state index in [9.17, 15) is 0 Å². The van der Waals surface area contributed by atoms with Crippen LogP contribution < -0.4 is 5.32 Å². The molecule has 3 aromatic heterocycles. The number of para-hydroxylation sites is 1. The standard InChI is InChI=1S/C26H26N6/c1-2-10-22(11-3-1)29-25-16-24(20-8-6-13-27-17-20)30-26(31-25)21-9-7-15-32(18-21)19-23-12-4-5-14-28-23/h1-6,8,10-14,16-17,21H,7,9,15,18-19H2,(H,29,30,31). The zero-order chi connectivity index (χ0) is 21.6. The Morgan fingerprint density at radius 2 is 1.84 bits per heavy atom. The van der Waals surface area contributed by atoms with Crippen LogP contribution in [0.3, 0.4) is 0 Å². The summed E-state index contributed by atoms with van der Waals surface area (Å²) in [5.74, 6) is 1.97. The van der Waals surface area contributed by atoms with Gasteiger partial charge in [0.1, 0.15) is 11.6 Å². The van der Waals surface area contributed by atoms with Crippen molar-refractivity contribution in [3.63, 3.8) is 0 Å². The second-order valence-electron chi connectivity index (χ2n) is 8.12. The lowest BCUT2D eigenvalue weighted by Gasteiger charge is -2.32. The Hall–Kier alpha value is -3.64. The molecule has 0 amide bonds. The summed E-state index contributed by atoms with van der Waals surface area (Å²) in [5, 5.41) is 3.45.